The number of rotatable bonds is 6. The molecule has 0 bridgehead atoms. The van der Waals surface area contributed by atoms with Gasteiger partial charge in [0.05, 0.1) is 5.52 Å². The van der Waals surface area contributed by atoms with Crippen LogP contribution in [0.4, 0.5) is 0 Å². The first-order valence-corrected chi connectivity index (χ1v) is 8.26. The van der Waals surface area contributed by atoms with Gasteiger partial charge >= 0.3 is 0 Å². The summed E-state index contributed by atoms with van der Waals surface area (Å²) in [6.45, 7) is 2.26. The third-order valence-electron chi connectivity index (χ3n) is 4.29. The van der Waals surface area contributed by atoms with E-state index in [1.807, 2.05) is 0 Å². The van der Waals surface area contributed by atoms with Gasteiger partial charge in [-0.05, 0) is 36.5 Å². The number of benzene rings is 2. The van der Waals surface area contributed by atoms with Crippen molar-refractivity contribution in [2.75, 3.05) is 0 Å². The van der Waals surface area contributed by atoms with Crippen molar-refractivity contribution in [2.24, 2.45) is 0 Å². The Morgan fingerprint density at radius 3 is 2.45 bits per heavy atom. The highest BCUT2D eigenvalue weighted by atomic mass is 14.7. The predicted molar refractivity (Wildman–Crippen MR) is 94.2 cm³/mol. The van der Waals surface area contributed by atoms with E-state index < -0.39 is 0 Å². The second kappa shape index (κ2) is 7.22. The van der Waals surface area contributed by atoms with Gasteiger partial charge in [-0.3, -0.25) is 4.98 Å². The van der Waals surface area contributed by atoms with E-state index in [0.717, 1.165) is 11.9 Å². The van der Waals surface area contributed by atoms with E-state index in [4.69, 9.17) is 4.98 Å². The molecule has 0 aliphatic carbocycles. The zero-order chi connectivity index (χ0) is 15.2. The Morgan fingerprint density at radius 2 is 1.64 bits per heavy atom. The molecule has 1 atom stereocenters. The molecule has 0 N–H and O–H groups in total. The molecule has 2 aromatic carbocycles. The first-order valence-electron chi connectivity index (χ1n) is 8.26. The van der Waals surface area contributed by atoms with Crippen molar-refractivity contribution < 1.29 is 0 Å². The SMILES string of the molecule is CCCC[C@H](Cc1ccc2ccccc2n1)c1ccccc1. The van der Waals surface area contributed by atoms with Gasteiger partial charge in [-0.15, -0.1) is 0 Å². The van der Waals surface area contributed by atoms with Crippen LogP contribution in [0.3, 0.4) is 0 Å². The third kappa shape index (κ3) is 3.54. The zero-order valence-corrected chi connectivity index (χ0v) is 13.2. The maximum Gasteiger partial charge on any atom is 0.0705 e. The van der Waals surface area contributed by atoms with Crippen LogP contribution in [0.25, 0.3) is 10.9 Å². The van der Waals surface area contributed by atoms with Crippen LogP contribution in [0.15, 0.2) is 66.7 Å². The maximum absolute atomic E-state index is 4.85. The number of pyridine rings is 1. The Kier molecular flexibility index (Phi) is 4.85. The molecule has 0 aliphatic heterocycles. The van der Waals surface area contributed by atoms with Crippen LogP contribution in [-0.4, -0.2) is 4.98 Å². The van der Waals surface area contributed by atoms with Crippen molar-refractivity contribution in [3.05, 3.63) is 78.0 Å². The fraction of sp³-hybridized carbons (Fsp3) is 0.286. The fourth-order valence-electron chi connectivity index (χ4n) is 3.04. The molecule has 0 saturated heterocycles. The molecular weight excluding hydrogens is 266 g/mol. The van der Waals surface area contributed by atoms with Gasteiger partial charge in [0.25, 0.3) is 0 Å². The lowest BCUT2D eigenvalue weighted by Gasteiger charge is -2.17. The highest BCUT2D eigenvalue weighted by Crippen LogP contribution is 2.26. The van der Waals surface area contributed by atoms with E-state index in [-0.39, 0.29) is 0 Å². The van der Waals surface area contributed by atoms with Crippen molar-refractivity contribution in [2.45, 2.75) is 38.5 Å². The van der Waals surface area contributed by atoms with Crippen molar-refractivity contribution in [3.63, 3.8) is 0 Å². The molecule has 0 unspecified atom stereocenters. The van der Waals surface area contributed by atoms with Gasteiger partial charge in [0.15, 0.2) is 0 Å². The maximum atomic E-state index is 4.85. The van der Waals surface area contributed by atoms with Crippen molar-refractivity contribution in [1.29, 1.82) is 0 Å². The molecular formula is C21H23N. The van der Waals surface area contributed by atoms with Crippen molar-refractivity contribution in [1.82, 2.24) is 4.98 Å². The van der Waals surface area contributed by atoms with E-state index in [9.17, 15) is 0 Å². The third-order valence-corrected chi connectivity index (χ3v) is 4.29. The minimum absolute atomic E-state index is 0.565. The average molecular weight is 289 g/mol. The summed E-state index contributed by atoms with van der Waals surface area (Å²) in [6, 6.07) is 23.6. The number of para-hydroxylation sites is 1. The van der Waals surface area contributed by atoms with Gasteiger partial charge in [-0.1, -0.05) is 74.4 Å². The molecule has 112 valence electrons. The monoisotopic (exact) mass is 289 g/mol. The molecule has 3 rings (SSSR count). The number of nitrogens with zero attached hydrogens (tertiary/aromatic N) is 1. The van der Waals surface area contributed by atoms with E-state index in [1.165, 1.54) is 35.9 Å². The largest absolute Gasteiger partial charge is 0.253 e. The molecule has 0 radical (unpaired) electrons. The summed E-state index contributed by atoms with van der Waals surface area (Å²) in [6.07, 6.45) is 4.77. The molecule has 0 spiro atoms. The molecule has 1 heteroatoms. The fourth-order valence-corrected chi connectivity index (χ4v) is 3.04. The summed E-state index contributed by atoms with van der Waals surface area (Å²) in [5, 5.41) is 1.22. The lowest BCUT2D eigenvalue weighted by atomic mass is 9.89. The van der Waals surface area contributed by atoms with Crippen LogP contribution < -0.4 is 0 Å². The van der Waals surface area contributed by atoms with Gasteiger partial charge in [-0.2, -0.15) is 0 Å². The van der Waals surface area contributed by atoms with Gasteiger partial charge in [0.2, 0.25) is 0 Å². The van der Waals surface area contributed by atoms with Gasteiger partial charge < -0.3 is 0 Å². The molecule has 0 saturated carbocycles. The van der Waals surface area contributed by atoms with E-state index in [2.05, 4.69) is 73.7 Å². The predicted octanol–water partition coefficient (Wildman–Crippen LogP) is 5.75. The standard InChI is InChI=1S/C21H23N/c1-2-3-9-19(17-10-5-4-6-11-17)16-20-15-14-18-12-7-8-13-21(18)22-20/h4-8,10-15,19H,2-3,9,16H2,1H3/t19-/m1/s1. The van der Waals surface area contributed by atoms with Crippen LogP contribution in [0.1, 0.15) is 43.4 Å². The summed E-state index contributed by atoms with van der Waals surface area (Å²) < 4.78 is 0. The van der Waals surface area contributed by atoms with Crippen LogP contribution in [0, 0.1) is 0 Å². The molecule has 1 aromatic heterocycles. The summed E-state index contributed by atoms with van der Waals surface area (Å²) >= 11 is 0. The lowest BCUT2D eigenvalue weighted by Crippen LogP contribution is -2.05. The second-order valence-corrected chi connectivity index (χ2v) is 5.95. The summed E-state index contributed by atoms with van der Waals surface area (Å²) in [5.74, 6) is 0.565. The highest BCUT2D eigenvalue weighted by molar-refractivity contribution is 5.78. The van der Waals surface area contributed by atoms with Crippen molar-refractivity contribution in [3.8, 4) is 0 Å². The Morgan fingerprint density at radius 1 is 0.864 bits per heavy atom. The average Bonchev–Trinajstić information content (AvgIpc) is 2.59. The number of unbranched alkanes of at least 4 members (excludes halogenated alkanes) is 1. The minimum Gasteiger partial charge on any atom is -0.253 e. The first-order chi connectivity index (χ1) is 10.9. The van der Waals surface area contributed by atoms with Crippen LogP contribution in [0.2, 0.25) is 0 Å². The number of fused-ring (bicyclic) bond motifs is 1. The summed E-state index contributed by atoms with van der Waals surface area (Å²) in [4.78, 5) is 4.85. The second-order valence-electron chi connectivity index (χ2n) is 5.95. The smallest absolute Gasteiger partial charge is 0.0705 e. The van der Waals surface area contributed by atoms with E-state index in [1.54, 1.807) is 0 Å². The van der Waals surface area contributed by atoms with E-state index in [0.29, 0.717) is 5.92 Å². The molecule has 3 aromatic rings. The number of hydrogen-bond acceptors (Lipinski definition) is 1. The summed E-state index contributed by atoms with van der Waals surface area (Å²) in [5.41, 5.74) is 3.73. The number of aromatic nitrogens is 1. The topological polar surface area (TPSA) is 12.9 Å². The Hall–Kier alpha value is -2.15. The lowest BCUT2D eigenvalue weighted by molar-refractivity contribution is 0.576. The van der Waals surface area contributed by atoms with Gasteiger partial charge in [-0.25, -0.2) is 0 Å². The van der Waals surface area contributed by atoms with Crippen molar-refractivity contribution >= 4 is 10.9 Å². The number of hydrogen-bond donors (Lipinski definition) is 0. The van der Waals surface area contributed by atoms with E-state index >= 15 is 0 Å². The minimum atomic E-state index is 0.565. The van der Waals surface area contributed by atoms with Crippen LogP contribution in [0.5, 0.6) is 0 Å². The van der Waals surface area contributed by atoms with Gasteiger partial charge in [0.1, 0.15) is 0 Å². The van der Waals surface area contributed by atoms with Crippen LogP contribution >= 0.6 is 0 Å². The molecule has 1 nitrogen and oxygen atoms in total. The highest BCUT2D eigenvalue weighted by Gasteiger charge is 2.13. The molecule has 0 aliphatic rings. The normalized spacial score (nSPS) is 12.4. The molecule has 1 heterocycles. The summed E-state index contributed by atoms with van der Waals surface area (Å²) in [7, 11) is 0. The molecule has 0 fully saturated rings. The molecule has 0 amide bonds. The first kappa shape index (κ1) is 14.8. The van der Waals surface area contributed by atoms with Crippen LogP contribution in [-0.2, 0) is 6.42 Å². The zero-order valence-electron chi connectivity index (χ0n) is 13.2. The molecule has 22 heavy (non-hydrogen) atoms. The quantitative estimate of drug-likeness (QED) is 0.563. The Bertz CT molecular complexity index is 718. The Balaban J connectivity index is 1.84. The van der Waals surface area contributed by atoms with Gasteiger partial charge in [0, 0.05) is 11.1 Å². The Labute approximate surface area is 133 Å².